The Morgan fingerprint density at radius 1 is 1.11 bits per heavy atom. The van der Waals surface area contributed by atoms with Crippen LogP contribution in [0, 0.1) is 11.3 Å². The Bertz CT molecular complexity index is 1100. The molecule has 1 amide bonds. The van der Waals surface area contributed by atoms with Crippen molar-refractivity contribution in [3.05, 3.63) is 70.1 Å². The summed E-state index contributed by atoms with van der Waals surface area (Å²) in [7, 11) is 0. The standard InChI is InChI=1S/C21H18N2O4/c1-21(2,3)27-15-7-4-13(5-8-15)20(25)23-14-6-9-19-17(10-14)18(24)11-16(12-22)26-19/h4-11H,1-3H3,(H,23,25). The van der Waals surface area contributed by atoms with E-state index in [9.17, 15) is 9.59 Å². The van der Waals surface area contributed by atoms with Gasteiger partial charge < -0.3 is 14.5 Å². The highest BCUT2D eigenvalue weighted by Crippen LogP contribution is 2.21. The first-order valence-corrected chi connectivity index (χ1v) is 8.34. The molecule has 2 aromatic carbocycles. The number of nitrogens with one attached hydrogen (secondary N) is 1. The number of nitriles is 1. The van der Waals surface area contributed by atoms with Gasteiger partial charge in [-0.2, -0.15) is 5.26 Å². The molecule has 0 bridgehead atoms. The summed E-state index contributed by atoms with van der Waals surface area (Å²) in [5.41, 5.74) is 0.553. The maximum atomic E-state index is 12.4. The Hall–Kier alpha value is -3.59. The topological polar surface area (TPSA) is 92.3 Å². The van der Waals surface area contributed by atoms with E-state index in [0.717, 1.165) is 6.07 Å². The summed E-state index contributed by atoms with van der Waals surface area (Å²) < 4.78 is 11.0. The molecule has 0 fully saturated rings. The second-order valence-corrected chi connectivity index (χ2v) is 6.99. The monoisotopic (exact) mass is 362 g/mol. The van der Waals surface area contributed by atoms with Gasteiger partial charge in [0.05, 0.1) is 5.39 Å². The minimum atomic E-state index is -0.340. The van der Waals surface area contributed by atoms with E-state index in [-0.39, 0.29) is 22.7 Å². The first-order chi connectivity index (χ1) is 12.7. The fraction of sp³-hybridized carbons (Fsp3) is 0.190. The molecule has 27 heavy (non-hydrogen) atoms. The lowest BCUT2D eigenvalue weighted by atomic mass is 10.1. The van der Waals surface area contributed by atoms with Crippen molar-refractivity contribution in [3.63, 3.8) is 0 Å². The minimum Gasteiger partial charge on any atom is -0.488 e. The number of ether oxygens (including phenoxy) is 1. The zero-order valence-corrected chi connectivity index (χ0v) is 15.2. The zero-order chi connectivity index (χ0) is 19.6. The summed E-state index contributed by atoms with van der Waals surface area (Å²) in [4.78, 5) is 24.5. The van der Waals surface area contributed by atoms with Crippen molar-refractivity contribution in [2.75, 3.05) is 5.32 Å². The van der Waals surface area contributed by atoms with Crippen LogP contribution in [0.5, 0.6) is 5.75 Å². The van der Waals surface area contributed by atoms with Gasteiger partial charge in [-0.25, -0.2) is 0 Å². The SMILES string of the molecule is CC(C)(C)Oc1ccc(C(=O)Nc2ccc3oc(C#N)cc(=O)c3c2)cc1. The van der Waals surface area contributed by atoms with Crippen LogP contribution < -0.4 is 15.5 Å². The van der Waals surface area contributed by atoms with Crippen LogP contribution in [-0.2, 0) is 0 Å². The second kappa shape index (κ2) is 6.96. The lowest BCUT2D eigenvalue weighted by Gasteiger charge is -2.21. The third-order valence-corrected chi connectivity index (χ3v) is 3.64. The van der Waals surface area contributed by atoms with Gasteiger partial charge >= 0.3 is 0 Å². The fourth-order valence-corrected chi connectivity index (χ4v) is 2.52. The lowest BCUT2D eigenvalue weighted by Crippen LogP contribution is -2.23. The quantitative estimate of drug-likeness (QED) is 0.757. The van der Waals surface area contributed by atoms with E-state index in [0.29, 0.717) is 28.0 Å². The number of benzene rings is 2. The maximum Gasteiger partial charge on any atom is 0.255 e. The van der Waals surface area contributed by atoms with E-state index < -0.39 is 0 Å². The number of hydrogen-bond acceptors (Lipinski definition) is 5. The average Bonchev–Trinajstić information content (AvgIpc) is 2.61. The van der Waals surface area contributed by atoms with Crippen molar-refractivity contribution >= 4 is 22.6 Å². The third-order valence-electron chi connectivity index (χ3n) is 3.64. The van der Waals surface area contributed by atoms with Gasteiger partial charge in [0, 0.05) is 17.3 Å². The molecule has 0 aliphatic carbocycles. The molecule has 3 aromatic rings. The fourth-order valence-electron chi connectivity index (χ4n) is 2.52. The van der Waals surface area contributed by atoms with E-state index in [1.165, 1.54) is 6.07 Å². The summed E-state index contributed by atoms with van der Waals surface area (Å²) in [5, 5.41) is 11.9. The van der Waals surface area contributed by atoms with Crippen molar-refractivity contribution in [3.8, 4) is 11.8 Å². The van der Waals surface area contributed by atoms with Gasteiger partial charge in [-0.15, -0.1) is 0 Å². The third kappa shape index (κ3) is 4.33. The first-order valence-electron chi connectivity index (χ1n) is 8.34. The number of hydrogen-bond donors (Lipinski definition) is 1. The number of anilines is 1. The largest absolute Gasteiger partial charge is 0.488 e. The molecule has 6 nitrogen and oxygen atoms in total. The van der Waals surface area contributed by atoms with Gasteiger partial charge in [0.25, 0.3) is 5.91 Å². The molecule has 1 N–H and O–H groups in total. The van der Waals surface area contributed by atoms with Gasteiger partial charge in [0.1, 0.15) is 23.0 Å². The number of fused-ring (bicyclic) bond motifs is 1. The number of carbonyl (C=O) groups is 1. The average molecular weight is 362 g/mol. The molecule has 0 radical (unpaired) electrons. The molecule has 1 heterocycles. The normalized spacial score (nSPS) is 11.0. The molecule has 0 spiro atoms. The Morgan fingerprint density at radius 3 is 2.44 bits per heavy atom. The molecule has 0 saturated heterocycles. The summed E-state index contributed by atoms with van der Waals surface area (Å²) in [6.07, 6.45) is 0. The van der Waals surface area contributed by atoms with E-state index in [4.69, 9.17) is 14.4 Å². The molecule has 6 heteroatoms. The molecule has 3 rings (SSSR count). The zero-order valence-electron chi connectivity index (χ0n) is 15.2. The van der Waals surface area contributed by atoms with E-state index in [2.05, 4.69) is 5.32 Å². The smallest absolute Gasteiger partial charge is 0.255 e. The van der Waals surface area contributed by atoms with Gasteiger partial charge in [0.2, 0.25) is 5.76 Å². The Labute approximate surface area is 156 Å². The highest BCUT2D eigenvalue weighted by atomic mass is 16.5. The van der Waals surface area contributed by atoms with Gasteiger partial charge in [0.15, 0.2) is 5.43 Å². The lowest BCUT2D eigenvalue weighted by molar-refractivity contribution is 0.102. The molecular weight excluding hydrogens is 344 g/mol. The Morgan fingerprint density at radius 2 is 1.81 bits per heavy atom. The van der Waals surface area contributed by atoms with E-state index >= 15 is 0 Å². The van der Waals surface area contributed by atoms with Crippen molar-refractivity contribution in [1.82, 2.24) is 0 Å². The number of nitrogens with zero attached hydrogens (tertiary/aromatic N) is 1. The van der Waals surface area contributed by atoms with Crippen LogP contribution in [0.1, 0.15) is 36.9 Å². The first kappa shape index (κ1) is 18.2. The van der Waals surface area contributed by atoms with Crippen LogP contribution >= 0.6 is 0 Å². The molecule has 0 aliphatic rings. The number of carbonyl (C=O) groups excluding carboxylic acids is 1. The van der Waals surface area contributed by atoms with Crippen LogP contribution in [0.3, 0.4) is 0 Å². The maximum absolute atomic E-state index is 12.4. The van der Waals surface area contributed by atoms with Crippen molar-refractivity contribution in [1.29, 1.82) is 5.26 Å². The molecule has 0 atom stereocenters. The minimum absolute atomic E-state index is 0.0538. The van der Waals surface area contributed by atoms with Gasteiger partial charge in [-0.05, 0) is 63.2 Å². The van der Waals surface area contributed by atoms with Crippen molar-refractivity contribution in [2.45, 2.75) is 26.4 Å². The Kier molecular flexibility index (Phi) is 4.70. The van der Waals surface area contributed by atoms with Crippen LogP contribution in [0.4, 0.5) is 5.69 Å². The molecule has 1 aromatic heterocycles. The summed E-state index contributed by atoms with van der Waals surface area (Å²) in [5.74, 6) is 0.312. The van der Waals surface area contributed by atoms with Crippen LogP contribution in [0.25, 0.3) is 11.0 Å². The molecule has 0 aliphatic heterocycles. The predicted octanol–water partition coefficient (Wildman–Crippen LogP) is 4.09. The number of amides is 1. The molecule has 0 unspecified atom stereocenters. The molecule has 136 valence electrons. The van der Waals surface area contributed by atoms with Crippen molar-refractivity contribution < 1.29 is 13.9 Å². The summed E-state index contributed by atoms with van der Waals surface area (Å²) in [6, 6.07) is 14.4. The van der Waals surface area contributed by atoms with Gasteiger partial charge in [-0.1, -0.05) is 0 Å². The highest BCUT2D eigenvalue weighted by Gasteiger charge is 2.13. The summed E-state index contributed by atoms with van der Waals surface area (Å²) >= 11 is 0. The van der Waals surface area contributed by atoms with Crippen LogP contribution in [0.2, 0.25) is 0 Å². The highest BCUT2D eigenvalue weighted by molar-refractivity contribution is 6.05. The summed E-state index contributed by atoms with van der Waals surface area (Å²) in [6.45, 7) is 5.84. The van der Waals surface area contributed by atoms with Gasteiger partial charge in [-0.3, -0.25) is 9.59 Å². The predicted molar refractivity (Wildman–Crippen MR) is 102 cm³/mol. The van der Waals surface area contributed by atoms with Crippen LogP contribution in [-0.4, -0.2) is 11.5 Å². The van der Waals surface area contributed by atoms with E-state index in [1.807, 2.05) is 20.8 Å². The Balaban J connectivity index is 1.80. The van der Waals surface area contributed by atoms with Crippen LogP contribution in [0.15, 0.2) is 57.7 Å². The van der Waals surface area contributed by atoms with Crippen molar-refractivity contribution in [2.24, 2.45) is 0 Å². The molecule has 0 saturated carbocycles. The second-order valence-electron chi connectivity index (χ2n) is 6.99. The number of rotatable bonds is 3. The molecular formula is C21H18N2O4. The van der Waals surface area contributed by atoms with E-state index in [1.54, 1.807) is 42.5 Å².